The molecule has 0 aromatic heterocycles. The summed E-state index contributed by atoms with van der Waals surface area (Å²) >= 11 is 0. The SMILES string of the molecule is CCCN(Cc1cccc(OC)c1)S(=O)(=O)N(C)Cc1ccccc1. The lowest BCUT2D eigenvalue weighted by Gasteiger charge is -2.27. The fourth-order valence-electron chi connectivity index (χ4n) is 2.62. The molecule has 0 aliphatic rings. The van der Waals surface area contributed by atoms with Crippen molar-refractivity contribution in [2.45, 2.75) is 26.4 Å². The molecule has 2 rings (SSSR count). The van der Waals surface area contributed by atoms with E-state index in [-0.39, 0.29) is 0 Å². The summed E-state index contributed by atoms with van der Waals surface area (Å²) in [6, 6.07) is 17.1. The van der Waals surface area contributed by atoms with Crippen LogP contribution in [0.3, 0.4) is 0 Å². The number of nitrogens with zero attached hydrogens (tertiary/aromatic N) is 2. The maximum absolute atomic E-state index is 13.0. The van der Waals surface area contributed by atoms with Crippen LogP contribution in [0.4, 0.5) is 0 Å². The van der Waals surface area contributed by atoms with Gasteiger partial charge in [0.15, 0.2) is 0 Å². The van der Waals surface area contributed by atoms with Crippen LogP contribution in [0.15, 0.2) is 54.6 Å². The Bertz CT molecular complexity index is 763. The van der Waals surface area contributed by atoms with Gasteiger partial charge in [0.05, 0.1) is 7.11 Å². The zero-order chi connectivity index (χ0) is 18.3. The molecule has 5 nitrogen and oxygen atoms in total. The minimum Gasteiger partial charge on any atom is -0.497 e. The number of ether oxygens (including phenoxy) is 1. The second-order valence-electron chi connectivity index (χ2n) is 5.93. The summed E-state index contributed by atoms with van der Waals surface area (Å²) in [5.41, 5.74) is 1.87. The zero-order valence-corrected chi connectivity index (χ0v) is 15.9. The summed E-state index contributed by atoms with van der Waals surface area (Å²) in [7, 11) is -0.327. The number of hydrogen-bond donors (Lipinski definition) is 0. The summed E-state index contributed by atoms with van der Waals surface area (Å²) in [6.07, 6.45) is 0.752. The Labute approximate surface area is 151 Å². The molecule has 2 aromatic carbocycles. The molecule has 0 atom stereocenters. The van der Waals surface area contributed by atoms with Gasteiger partial charge in [-0.2, -0.15) is 17.0 Å². The lowest BCUT2D eigenvalue weighted by Crippen LogP contribution is -2.41. The standard InChI is InChI=1S/C19H26N2O3S/c1-4-13-21(16-18-11-8-12-19(14-18)24-3)25(22,23)20(2)15-17-9-6-5-7-10-17/h5-12,14H,4,13,15-16H2,1-3H3. The first-order valence-corrected chi connectivity index (χ1v) is 9.75. The van der Waals surface area contributed by atoms with Crippen molar-refractivity contribution >= 4 is 10.2 Å². The van der Waals surface area contributed by atoms with Crippen molar-refractivity contribution in [1.29, 1.82) is 0 Å². The smallest absolute Gasteiger partial charge is 0.282 e. The quantitative estimate of drug-likeness (QED) is 0.688. The van der Waals surface area contributed by atoms with Crippen LogP contribution in [0.25, 0.3) is 0 Å². The van der Waals surface area contributed by atoms with E-state index in [1.165, 1.54) is 8.61 Å². The molecule has 0 amide bonds. The molecule has 136 valence electrons. The zero-order valence-electron chi connectivity index (χ0n) is 15.1. The Balaban J connectivity index is 2.18. The molecule has 0 N–H and O–H groups in total. The normalized spacial score (nSPS) is 11.9. The van der Waals surface area contributed by atoms with Gasteiger partial charge in [0.2, 0.25) is 0 Å². The summed E-state index contributed by atoms with van der Waals surface area (Å²) < 4.78 is 34.2. The van der Waals surface area contributed by atoms with E-state index in [1.54, 1.807) is 14.2 Å². The van der Waals surface area contributed by atoms with Gasteiger partial charge in [-0.25, -0.2) is 0 Å². The molecule has 0 aliphatic heterocycles. The first kappa shape index (κ1) is 19.4. The molecule has 0 saturated carbocycles. The van der Waals surface area contributed by atoms with Gasteiger partial charge in [-0.3, -0.25) is 0 Å². The van der Waals surface area contributed by atoms with E-state index in [9.17, 15) is 8.42 Å². The molecule has 0 radical (unpaired) electrons. The van der Waals surface area contributed by atoms with E-state index in [0.717, 1.165) is 23.3 Å². The molecular weight excluding hydrogens is 336 g/mol. The maximum Gasteiger partial charge on any atom is 0.282 e. The number of rotatable bonds is 9. The minimum atomic E-state index is -3.55. The van der Waals surface area contributed by atoms with E-state index < -0.39 is 10.2 Å². The van der Waals surface area contributed by atoms with Crippen LogP contribution in [0.5, 0.6) is 5.75 Å². The third kappa shape index (κ3) is 5.29. The Hall–Kier alpha value is -1.89. The third-order valence-corrected chi connectivity index (χ3v) is 5.82. The van der Waals surface area contributed by atoms with Gasteiger partial charge < -0.3 is 4.74 Å². The van der Waals surface area contributed by atoms with E-state index in [4.69, 9.17) is 4.74 Å². The molecule has 0 fully saturated rings. The summed E-state index contributed by atoms with van der Waals surface area (Å²) in [4.78, 5) is 0. The number of benzene rings is 2. The van der Waals surface area contributed by atoms with Crippen LogP contribution in [-0.2, 0) is 23.3 Å². The van der Waals surface area contributed by atoms with Gasteiger partial charge in [-0.05, 0) is 29.7 Å². The van der Waals surface area contributed by atoms with Crippen LogP contribution < -0.4 is 4.74 Å². The Morgan fingerprint density at radius 2 is 1.64 bits per heavy atom. The van der Waals surface area contributed by atoms with E-state index in [1.807, 2.05) is 61.5 Å². The van der Waals surface area contributed by atoms with Crippen molar-refractivity contribution in [3.63, 3.8) is 0 Å². The highest BCUT2D eigenvalue weighted by Gasteiger charge is 2.26. The summed E-state index contributed by atoms with van der Waals surface area (Å²) in [6.45, 7) is 3.12. The van der Waals surface area contributed by atoms with Crippen LogP contribution in [-0.4, -0.2) is 37.7 Å². The monoisotopic (exact) mass is 362 g/mol. The lowest BCUT2D eigenvalue weighted by atomic mass is 10.2. The van der Waals surface area contributed by atoms with Crippen molar-refractivity contribution < 1.29 is 13.2 Å². The Morgan fingerprint density at radius 3 is 2.28 bits per heavy atom. The molecule has 0 unspecified atom stereocenters. The average molecular weight is 362 g/mol. The molecule has 0 saturated heterocycles. The first-order chi connectivity index (χ1) is 12.0. The highest BCUT2D eigenvalue weighted by Crippen LogP contribution is 2.18. The van der Waals surface area contributed by atoms with E-state index >= 15 is 0 Å². The predicted molar refractivity (Wildman–Crippen MR) is 101 cm³/mol. The fourth-order valence-corrected chi connectivity index (χ4v) is 4.05. The van der Waals surface area contributed by atoms with Gasteiger partial charge in [0, 0.05) is 26.7 Å². The van der Waals surface area contributed by atoms with Gasteiger partial charge >= 0.3 is 0 Å². The number of methoxy groups -OCH3 is 1. The molecule has 6 heteroatoms. The van der Waals surface area contributed by atoms with Crippen molar-refractivity contribution in [1.82, 2.24) is 8.61 Å². The topological polar surface area (TPSA) is 49.9 Å². The van der Waals surface area contributed by atoms with Crippen LogP contribution in [0.2, 0.25) is 0 Å². The highest BCUT2D eigenvalue weighted by molar-refractivity contribution is 7.86. The molecule has 0 spiro atoms. The van der Waals surface area contributed by atoms with Gasteiger partial charge in [-0.1, -0.05) is 49.4 Å². The first-order valence-electron chi connectivity index (χ1n) is 8.35. The van der Waals surface area contributed by atoms with Gasteiger partial charge in [0.25, 0.3) is 10.2 Å². The second kappa shape index (κ2) is 8.99. The van der Waals surface area contributed by atoms with Gasteiger partial charge in [-0.15, -0.1) is 0 Å². The van der Waals surface area contributed by atoms with Crippen molar-refractivity contribution in [2.24, 2.45) is 0 Å². The molecule has 25 heavy (non-hydrogen) atoms. The third-order valence-electron chi connectivity index (χ3n) is 3.93. The molecule has 0 heterocycles. The second-order valence-corrected chi connectivity index (χ2v) is 7.97. The molecule has 0 aliphatic carbocycles. The maximum atomic E-state index is 13.0. The summed E-state index contributed by atoms with van der Waals surface area (Å²) in [5, 5.41) is 0. The van der Waals surface area contributed by atoms with E-state index in [2.05, 4.69) is 0 Å². The highest BCUT2D eigenvalue weighted by atomic mass is 32.2. The van der Waals surface area contributed by atoms with Crippen molar-refractivity contribution in [2.75, 3.05) is 20.7 Å². The van der Waals surface area contributed by atoms with Crippen LogP contribution >= 0.6 is 0 Å². The summed E-state index contributed by atoms with van der Waals surface area (Å²) in [5.74, 6) is 0.726. The average Bonchev–Trinajstić information content (AvgIpc) is 2.62. The van der Waals surface area contributed by atoms with E-state index in [0.29, 0.717) is 19.6 Å². The van der Waals surface area contributed by atoms with Crippen LogP contribution in [0.1, 0.15) is 24.5 Å². The molecular formula is C19H26N2O3S. The Morgan fingerprint density at radius 1 is 0.960 bits per heavy atom. The molecule has 2 aromatic rings. The Kier molecular flexibility index (Phi) is 6.99. The minimum absolute atomic E-state index is 0.326. The largest absolute Gasteiger partial charge is 0.497 e. The predicted octanol–water partition coefficient (Wildman–Crippen LogP) is 3.28. The van der Waals surface area contributed by atoms with Crippen molar-refractivity contribution in [3.8, 4) is 5.75 Å². The lowest BCUT2D eigenvalue weighted by molar-refractivity contribution is 0.350. The number of hydrogen-bond acceptors (Lipinski definition) is 3. The van der Waals surface area contributed by atoms with Crippen molar-refractivity contribution in [3.05, 3.63) is 65.7 Å². The fraction of sp³-hybridized carbons (Fsp3) is 0.368. The van der Waals surface area contributed by atoms with Crippen LogP contribution in [0, 0.1) is 0 Å². The van der Waals surface area contributed by atoms with Gasteiger partial charge in [0.1, 0.15) is 5.75 Å². The molecule has 0 bridgehead atoms.